The van der Waals surface area contributed by atoms with E-state index in [1.54, 1.807) is 54.6 Å². The summed E-state index contributed by atoms with van der Waals surface area (Å²) in [4.78, 5) is 23.9. The molecular formula is C33H31N5O6S. The Hall–Kier alpha value is -5.20. The summed E-state index contributed by atoms with van der Waals surface area (Å²) >= 11 is 0. The fraction of sp³-hybridized carbons (Fsp3) is 0.182. The standard InChI is InChI=1S/C33H31N5O6S/c1-42-30-19-22(33(39)38-12-14-44-15-13-38)8-10-26(30)27-17-23-16-21(9-11-28(23)36-31(27)34)24-18-29(32(43-2)35-20-24)37-45(40,41)25-6-4-3-5-7-25/h3-11,16-20,37H,12-15H2,1-2H3,(H2,34,36). The Morgan fingerprint density at radius 2 is 1.69 bits per heavy atom. The van der Waals surface area contributed by atoms with Gasteiger partial charge in [0.25, 0.3) is 15.9 Å². The van der Waals surface area contributed by atoms with Crippen molar-refractivity contribution in [3.05, 3.63) is 90.6 Å². The minimum absolute atomic E-state index is 0.0871. The summed E-state index contributed by atoms with van der Waals surface area (Å²) in [7, 11) is -0.905. The van der Waals surface area contributed by atoms with Gasteiger partial charge in [-0.05, 0) is 60.2 Å². The maximum atomic E-state index is 13.1. The van der Waals surface area contributed by atoms with Crippen LogP contribution in [0.25, 0.3) is 33.2 Å². The number of methoxy groups -OCH3 is 2. The highest BCUT2D eigenvalue weighted by molar-refractivity contribution is 7.92. The van der Waals surface area contributed by atoms with Crippen molar-refractivity contribution in [3.8, 4) is 33.9 Å². The van der Waals surface area contributed by atoms with Crippen LogP contribution in [0.15, 0.2) is 90.0 Å². The number of aromatic nitrogens is 2. The third kappa shape index (κ3) is 6.10. The average Bonchev–Trinajstić information content (AvgIpc) is 3.07. The number of morpholine rings is 1. The predicted octanol–water partition coefficient (Wildman–Crippen LogP) is 4.84. The van der Waals surface area contributed by atoms with Crippen LogP contribution in [0.3, 0.4) is 0 Å². The van der Waals surface area contributed by atoms with Gasteiger partial charge in [0, 0.05) is 46.9 Å². The molecule has 0 unspecified atom stereocenters. The van der Waals surface area contributed by atoms with Crippen molar-refractivity contribution < 1.29 is 27.4 Å². The van der Waals surface area contributed by atoms with Crippen LogP contribution in [-0.2, 0) is 14.8 Å². The number of nitrogens with zero attached hydrogens (tertiary/aromatic N) is 3. The molecule has 6 rings (SSSR count). The Morgan fingerprint density at radius 1 is 0.911 bits per heavy atom. The number of rotatable bonds is 8. The van der Waals surface area contributed by atoms with E-state index in [1.807, 2.05) is 30.3 Å². The number of sulfonamides is 1. The smallest absolute Gasteiger partial charge is 0.262 e. The van der Waals surface area contributed by atoms with Gasteiger partial charge in [0.05, 0.1) is 37.8 Å². The van der Waals surface area contributed by atoms with Gasteiger partial charge in [-0.2, -0.15) is 0 Å². The summed E-state index contributed by atoms with van der Waals surface area (Å²) in [5.74, 6) is 0.853. The first-order valence-corrected chi connectivity index (χ1v) is 15.6. The van der Waals surface area contributed by atoms with Crippen molar-refractivity contribution in [1.82, 2.24) is 14.9 Å². The first-order chi connectivity index (χ1) is 21.8. The average molecular weight is 626 g/mol. The van der Waals surface area contributed by atoms with E-state index in [-0.39, 0.29) is 22.4 Å². The largest absolute Gasteiger partial charge is 0.496 e. The van der Waals surface area contributed by atoms with Gasteiger partial charge in [-0.3, -0.25) is 9.52 Å². The van der Waals surface area contributed by atoms with Gasteiger partial charge in [0.1, 0.15) is 17.3 Å². The number of ether oxygens (including phenoxy) is 3. The molecule has 5 aromatic rings. The van der Waals surface area contributed by atoms with Crippen LogP contribution in [0.2, 0.25) is 0 Å². The third-order valence-corrected chi connectivity index (χ3v) is 8.94. The minimum atomic E-state index is -3.88. The van der Waals surface area contributed by atoms with Gasteiger partial charge >= 0.3 is 0 Å². The molecule has 2 aromatic heterocycles. The van der Waals surface area contributed by atoms with E-state index in [2.05, 4.69) is 14.7 Å². The lowest BCUT2D eigenvalue weighted by Gasteiger charge is -2.27. The second-order valence-electron chi connectivity index (χ2n) is 10.3. The van der Waals surface area contributed by atoms with Crippen molar-refractivity contribution in [1.29, 1.82) is 0 Å². The molecule has 45 heavy (non-hydrogen) atoms. The minimum Gasteiger partial charge on any atom is -0.496 e. The Labute approximate surface area is 260 Å². The molecular weight excluding hydrogens is 594 g/mol. The molecule has 0 saturated carbocycles. The summed E-state index contributed by atoms with van der Waals surface area (Å²) in [5, 5.41) is 0.787. The number of nitrogens with one attached hydrogen (secondary N) is 1. The number of anilines is 2. The second-order valence-corrected chi connectivity index (χ2v) is 12.0. The molecule has 3 N–H and O–H groups in total. The Balaban J connectivity index is 1.35. The Bertz CT molecular complexity index is 2000. The molecule has 1 saturated heterocycles. The van der Waals surface area contributed by atoms with E-state index in [4.69, 9.17) is 19.9 Å². The number of amides is 1. The van der Waals surface area contributed by atoms with E-state index < -0.39 is 10.0 Å². The molecule has 3 heterocycles. The number of nitrogen functional groups attached to an aromatic ring is 1. The van der Waals surface area contributed by atoms with Crippen molar-refractivity contribution >= 4 is 38.3 Å². The topological polar surface area (TPSA) is 146 Å². The van der Waals surface area contributed by atoms with Gasteiger partial charge in [0.15, 0.2) is 0 Å². The fourth-order valence-electron chi connectivity index (χ4n) is 5.23. The molecule has 0 radical (unpaired) electrons. The number of pyridine rings is 2. The van der Waals surface area contributed by atoms with Crippen molar-refractivity contribution in [2.75, 3.05) is 51.0 Å². The summed E-state index contributed by atoms with van der Waals surface area (Å²) in [6.07, 6.45) is 1.61. The lowest BCUT2D eigenvalue weighted by atomic mass is 9.99. The molecule has 230 valence electrons. The Morgan fingerprint density at radius 3 is 2.42 bits per heavy atom. The van der Waals surface area contributed by atoms with Gasteiger partial charge in [-0.1, -0.05) is 24.3 Å². The second kappa shape index (κ2) is 12.4. The molecule has 1 aliphatic heterocycles. The Kier molecular flexibility index (Phi) is 8.24. The molecule has 11 nitrogen and oxygen atoms in total. The SMILES string of the molecule is COc1cc(C(=O)N2CCOCC2)ccc1-c1cc2cc(-c3cnc(OC)c(NS(=O)(=O)c4ccccc4)c3)ccc2nc1N. The molecule has 12 heteroatoms. The van der Waals surface area contributed by atoms with Gasteiger partial charge in [-0.25, -0.2) is 18.4 Å². The molecule has 0 bridgehead atoms. The molecule has 0 atom stereocenters. The van der Waals surface area contributed by atoms with Gasteiger partial charge in [-0.15, -0.1) is 0 Å². The fourth-order valence-corrected chi connectivity index (χ4v) is 6.30. The monoisotopic (exact) mass is 625 g/mol. The quantitative estimate of drug-likeness (QED) is 0.247. The molecule has 1 aliphatic rings. The summed E-state index contributed by atoms with van der Waals surface area (Å²) in [6.45, 7) is 2.10. The number of benzene rings is 3. The molecule has 0 aliphatic carbocycles. The number of carbonyl (C=O) groups excluding carboxylic acids is 1. The highest BCUT2D eigenvalue weighted by Gasteiger charge is 2.22. The van der Waals surface area contributed by atoms with Crippen LogP contribution in [0.4, 0.5) is 11.5 Å². The van der Waals surface area contributed by atoms with Crippen molar-refractivity contribution in [3.63, 3.8) is 0 Å². The zero-order chi connectivity index (χ0) is 31.6. The highest BCUT2D eigenvalue weighted by Crippen LogP contribution is 2.37. The lowest BCUT2D eigenvalue weighted by Crippen LogP contribution is -2.40. The lowest BCUT2D eigenvalue weighted by molar-refractivity contribution is 0.0302. The van der Waals surface area contributed by atoms with Crippen LogP contribution < -0.4 is 19.9 Å². The summed E-state index contributed by atoms with van der Waals surface area (Å²) < 4.78 is 45.1. The van der Waals surface area contributed by atoms with Gasteiger partial charge < -0.3 is 24.8 Å². The number of hydrogen-bond acceptors (Lipinski definition) is 9. The van der Waals surface area contributed by atoms with E-state index >= 15 is 0 Å². The third-order valence-electron chi connectivity index (χ3n) is 7.56. The zero-order valence-electron chi connectivity index (χ0n) is 24.7. The van der Waals surface area contributed by atoms with Crippen LogP contribution >= 0.6 is 0 Å². The van der Waals surface area contributed by atoms with Crippen LogP contribution in [0.5, 0.6) is 11.6 Å². The van der Waals surface area contributed by atoms with E-state index in [9.17, 15) is 13.2 Å². The zero-order valence-corrected chi connectivity index (χ0v) is 25.5. The first-order valence-electron chi connectivity index (χ1n) is 14.2. The molecule has 3 aromatic carbocycles. The number of fused-ring (bicyclic) bond motifs is 1. The van der Waals surface area contributed by atoms with Crippen LogP contribution in [-0.4, -0.2) is 69.7 Å². The number of nitrogens with two attached hydrogens (primary N) is 1. The van der Waals surface area contributed by atoms with Crippen LogP contribution in [0, 0.1) is 0 Å². The summed E-state index contributed by atoms with van der Waals surface area (Å²) in [6, 6.07) is 22.6. The maximum Gasteiger partial charge on any atom is 0.262 e. The molecule has 1 amide bonds. The highest BCUT2D eigenvalue weighted by atomic mass is 32.2. The maximum absolute atomic E-state index is 13.1. The number of hydrogen-bond donors (Lipinski definition) is 2. The molecule has 0 spiro atoms. The van der Waals surface area contributed by atoms with Crippen molar-refractivity contribution in [2.24, 2.45) is 0 Å². The normalized spacial score (nSPS) is 13.4. The molecule has 1 fully saturated rings. The van der Waals surface area contributed by atoms with Crippen molar-refractivity contribution in [2.45, 2.75) is 4.90 Å². The van der Waals surface area contributed by atoms with E-state index in [0.717, 1.165) is 10.9 Å². The van der Waals surface area contributed by atoms with Crippen LogP contribution in [0.1, 0.15) is 10.4 Å². The number of carbonyl (C=O) groups is 1. The summed E-state index contributed by atoms with van der Waals surface area (Å²) in [5.41, 5.74) is 10.6. The first kappa shape index (κ1) is 29.9. The van der Waals surface area contributed by atoms with E-state index in [0.29, 0.717) is 65.6 Å². The van der Waals surface area contributed by atoms with E-state index in [1.165, 1.54) is 19.2 Å². The van der Waals surface area contributed by atoms with Gasteiger partial charge in [0.2, 0.25) is 5.88 Å². The predicted molar refractivity (Wildman–Crippen MR) is 172 cm³/mol.